The van der Waals surface area contributed by atoms with Crippen LogP contribution in [0, 0.1) is 6.92 Å². The molecule has 0 spiro atoms. The van der Waals surface area contributed by atoms with Gasteiger partial charge in [0.1, 0.15) is 11.3 Å². The van der Waals surface area contributed by atoms with Crippen LogP contribution in [0.1, 0.15) is 81.7 Å². The molecule has 0 bridgehead atoms. The number of fused-ring (bicyclic) bond motifs is 4. The Hall–Kier alpha value is -3.92. The largest absolute Gasteiger partial charge is 0.437 e. The van der Waals surface area contributed by atoms with Crippen molar-refractivity contribution in [3.05, 3.63) is 89.1 Å². The highest BCUT2D eigenvalue weighted by Crippen LogP contribution is 2.41. The van der Waals surface area contributed by atoms with Gasteiger partial charge in [-0.05, 0) is 54.5 Å². The monoisotopic (exact) mass is 516 g/mol. The number of aromatic nitrogens is 3. The summed E-state index contributed by atoms with van der Waals surface area (Å²) in [4.78, 5) is 4.92. The molecule has 4 heteroatoms. The molecule has 3 aromatic heterocycles. The third kappa shape index (κ3) is 3.88. The fraction of sp³-hybridized carbons (Fsp3) is 0.314. The summed E-state index contributed by atoms with van der Waals surface area (Å²) in [6, 6.07) is 24.2. The second-order valence-electron chi connectivity index (χ2n) is 11.8. The molecule has 0 N–H and O–H groups in total. The number of hydrogen-bond donors (Lipinski definition) is 0. The summed E-state index contributed by atoms with van der Waals surface area (Å²) < 4.78 is 11.5. The SMILES string of the molecule is Cc1ccc2c(oc3nc(C(C)C)ccc32)c1-c1n(-c2c(C(C)C)cccc2C(C)C)c2ccccc2[n+]1C. The molecule has 0 saturated carbocycles. The lowest BCUT2D eigenvalue weighted by Crippen LogP contribution is -2.30. The smallest absolute Gasteiger partial charge is 0.299 e. The molecule has 0 unspecified atom stereocenters. The van der Waals surface area contributed by atoms with Crippen LogP contribution in [0.15, 0.2) is 71.1 Å². The third-order valence-corrected chi connectivity index (χ3v) is 8.13. The van der Waals surface area contributed by atoms with Gasteiger partial charge in [0.05, 0.1) is 7.05 Å². The van der Waals surface area contributed by atoms with Crippen molar-refractivity contribution in [3.63, 3.8) is 0 Å². The standard InChI is InChI=1S/C35H38N3O/c1-20(2)24-12-11-13-25(21(3)4)32(24)38-30-15-10-9-14-29(30)37(8)35(38)31-23(7)16-17-26-27-18-19-28(22(5)6)36-34(27)39-33(26)31/h9-22H,1-8H3/q+1. The molecule has 0 radical (unpaired) electrons. The van der Waals surface area contributed by atoms with E-state index >= 15 is 0 Å². The molecule has 39 heavy (non-hydrogen) atoms. The van der Waals surface area contributed by atoms with Crippen LogP contribution < -0.4 is 4.57 Å². The van der Waals surface area contributed by atoms with Gasteiger partial charge >= 0.3 is 0 Å². The Morgan fingerprint density at radius 1 is 0.744 bits per heavy atom. The van der Waals surface area contributed by atoms with E-state index in [-0.39, 0.29) is 0 Å². The van der Waals surface area contributed by atoms with Crippen molar-refractivity contribution < 1.29 is 8.98 Å². The van der Waals surface area contributed by atoms with Crippen LogP contribution in [0.2, 0.25) is 0 Å². The van der Waals surface area contributed by atoms with Crippen molar-refractivity contribution in [1.82, 2.24) is 9.55 Å². The maximum atomic E-state index is 6.67. The zero-order valence-electron chi connectivity index (χ0n) is 24.3. The quantitative estimate of drug-likeness (QED) is 0.214. The summed E-state index contributed by atoms with van der Waals surface area (Å²) in [6.45, 7) is 15.7. The zero-order chi connectivity index (χ0) is 27.6. The zero-order valence-corrected chi connectivity index (χ0v) is 24.3. The summed E-state index contributed by atoms with van der Waals surface area (Å²) in [7, 11) is 2.18. The molecule has 3 heterocycles. The molecule has 0 fully saturated rings. The fourth-order valence-electron chi connectivity index (χ4n) is 6.02. The molecular weight excluding hydrogens is 478 g/mol. The first kappa shape index (κ1) is 25.4. The Kier molecular flexibility index (Phi) is 6.10. The first-order valence-corrected chi connectivity index (χ1v) is 14.1. The first-order valence-electron chi connectivity index (χ1n) is 14.1. The number of benzene rings is 3. The normalized spacial score (nSPS) is 12.3. The number of aryl methyl sites for hydroxylation is 2. The maximum Gasteiger partial charge on any atom is 0.299 e. The highest BCUT2D eigenvalue weighted by atomic mass is 16.3. The molecule has 6 rings (SSSR count). The number of imidazole rings is 1. The highest BCUT2D eigenvalue weighted by Gasteiger charge is 2.33. The lowest BCUT2D eigenvalue weighted by molar-refractivity contribution is -0.633. The van der Waals surface area contributed by atoms with Crippen LogP contribution >= 0.6 is 0 Å². The van der Waals surface area contributed by atoms with E-state index in [1.54, 1.807) is 0 Å². The van der Waals surface area contributed by atoms with Gasteiger partial charge in [0.2, 0.25) is 5.71 Å². The van der Waals surface area contributed by atoms with Gasteiger partial charge < -0.3 is 4.42 Å². The van der Waals surface area contributed by atoms with Crippen LogP contribution in [0.4, 0.5) is 0 Å². The topological polar surface area (TPSA) is 34.8 Å². The van der Waals surface area contributed by atoms with Crippen LogP contribution in [-0.4, -0.2) is 9.55 Å². The van der Waals surface area contributed by atoms with E-state index in [4.69, 9.17) is 9.40 Å². The number of furan rings is 1. The molecular formula is C35H38N3O+. The summed E-state index contributed by atoms with van der Waals surface area (Å²) in [5, 5.41) is 2.16. The number of pyridine rings is 1. The lowest BCUT2D eigenvalue weighted by atomic mass is 9.92. The molecule has 0 amide bonds. The summed E-state index contributed by atoms with van der Waals surface area (Å²) in [5.74, 6) is 2.21. The van der Waals surface area contributed by atoms with Gasteiger partial charge in [-0.25, -0.2) is 9.55 Å². The minimum absolute atomic E-state index is 0.339. The first-order chi connectivity index (χ1) is 18.7. The van der Waals surface area contributed by atoms with E-state index in [0.29, 0.717) is 23.5 Å². The van der Waals surface area contributed by atoms with Crippen molar-refractivity contribution >= 4 is 33.1 Å². The van der Waals surface area contributed by atoms with E-state index in [0.717, 1.165) is 33.4 Å². The average Bonchev–Trinajstić information content (AvgIpc) is 3.42. The Morgan fingerprint density at radius 2 is 1.41 bits per heavy atom. The Labute approximate surface area is 230 Å². The third-order valence-electron chi connectivity index (χ3n) is 8.13. The molecule has 0 aliphatic heterocycles. The summed E-state index contributed by atoms with van der Waals surface area (Å²) >= 11 is 0. The Balaban J connectivity index is 1.80. The number of hydrogen-bond acceptors (Lipinski definition) is 2. The predicted octanol–water partition coefficient (Wildman–Crippen LogP) is 9.10. The van der Waals surface area contributed by atoms with Gasteiger partial charge in [0, 0.05) is 27.6 Å². The molecule has 4 nitrogen and oxygen atoms in total. The van der Waals surface area contributed by atoms with Gasteiger partial charge in [-0.15, -0.1) is 0 Å². The van der Waals surface area contributed by atoms with Gasteiger partial charge in [0.25, 0.3) is 5.82 Å². The van der Waals surface area contributed by atoms with Crippen molar-refractivity contribution in [2.24, 2.45) is 7.05 Å². The maximum absolute atomic E-state index is 6.67. The molecule has 0 aliphatic rings. The number of para-hydroxylation sites is 3. The summed E-state index contributed by atoms with van der Waals surface area (Å²) in [6.07, 6.45) is 0. The van der Waals surface area contributed by atoms with Crippen molar-refractivity contribution in [2.45, 2.75) is 66.2 Å². The Bertz CT molecular complexity index is 1840. The molecule has 0 aliphatic carbocycles. The van der Waals surface area contributed by atoms with Crippen LogP contribution in [-0.2, 0) is 7.05 Å². The average molecular weight is 517 g/mol. The van der Waals surface area contributed by atoms with Gasteiger partial charge in [-0.3, -0.25) is 0 Å². The minimum atomic E-state index is 0.339. The number of nitrogens with zero attached hydrogens (tertiary/aromatic N) is 3. The molecule has 198 valence electrons. The van der Waals surface area contributed by atoms with E-state index in [1.165, 1.54) is 33.4 Å². The van der Waals surface area contributed by atoms with Crippen molar-refractivity contribution in [1.29, 1.82) is 0 Å². The van der Waals surface area contributed by atoms with Gasteiger partial charge in [-0.2, -0.15) is 4.57 Å². The van der Waals surface area contributed by atoms with E-state index in [1.807, 2.05) is 0 Å². The van der Waals surface area contributed by atoms with E-state index in [2.05, 4.69) is 131 Å². The molecule has 3 aromatic carbocycles. The highest BCUT2D eigenvalue weighted by molar-refractivity contribution is 6.09. The fourth-order valence-corrected chi connectivity index (χ4v) is 6.02. The Morgan fingerprint density at radius 3 is 2.08 bits per heavy atom. The van der Waals surface area contributed by atoms with E-state index in [9.17, 15) is 0 Å². The second kappa shape index (κ2) is 9.37. The number of rotatable bonds is 5. The van der Waals surface area contributed by atoms with Crippen LogP contribution in [0.3, 0.4) is 0 Å². The van der Waals surface area contributed by atoms with E-state index < -0.39 is 0 Å². The van der Waals surface area contributed by atoms with Crippen molar-refractivity contribution in [2.75, 3.05) is 0 Å². The predicted molar refractivity (Wildman–Crippen MR) is 162 cm³/mol. The molecule has 0 atom stereocenters. The van der Waals surface area contributed by atoms with Gasteiger partial charge in [-0.1, -0.05) is 84.0 Å². The summed E-state index contributed by atoms with van der Waals surface area (Å²) in [5.41, 5.74) is 11.3. The second-order valence-corrected chi connectivity index (χ2v) is 11.8. The lowest BCUT2D eigenvalue weighted by Gasteiger charge is -2.18. The van der Waals surface area contributed by atoms with Gasteiger partial charge in [0.15, 0.2) is 16.6 Å². The molecule has 0 saturated heterocycles. The van der Waals surface area contributed by atoms with Crippen molar-refractivity contribution in [3.8, 4) is 17.1 Å². The van der Waals surface area contributed by atoms with Crippen LogP contribution in [0.5, 0.6) is 0 Å². The molecule has 6 aromatic rings. The van der Waals surface area contributed by atoms with Crippen LogP contribution in [0.25, 0.3) is 50.2 Å². The minimum Gasteiger partial charge on any atom is -0.437 e.